The first-order chi connectivity index (χ1) is 13.7. The van der Waals surface area contributed by atoms with Crippen LogP contribution in [0.25, 0.3) is 0 Å². The van der Waals surface area contributed by atoms with Crippen LogP contribution in [0.5, 0.6) is 5.88 Å². The van der Waals surface area contributed by atoms with Crippen molar-refractivity contribution in [1.29, 1.82) is 0 Å². The third-order valence-corrected chi connectivity index (χ3v) is 4.83. The number of amides is 1. The van der Waals surface area contributed by atoms with Crippen molar-refractivity contribution >= 4 is 39.4 Å². The van der Waals surface area contributed by atoms with Crippen LogP contribution in [0.3, 0.4) is 0 Å². The highest BCUT2D eigenvalue weighted by atomic mass is 33.1. The first-order valence-electron chi connectivity index (χ1n) is 7.51. The van der Waals surface area contributed by atoms with E-state index in [2.05, 4.69) is 20.3 Å². The first-order valence-corrected chi connectivity index (χ1v) is 10.00. The summed E-state index contributed by atoms with van der Waals surface area (Å²) in [5.41, 5.74) is -0.113. The van der Waals surface area contributed by atoms with Gasteiger partial charge < -0.3 is 20.3 Å². The van der Waals surface area contributed by atoms with Gasteiger partial charge in [0.05, 0.1) is 12.6 Å². The van der Waals surface area contributed by atoms with Gasteiger partial charge in [0.15, 0.2) is 6.61 Å². The van der Waals surface area contributed by atoms with E-state index in [1.165, 1.54) is 21.6 Å². The number of nitrogens with one attached hydrogen (secondary N) is 2. The van der Waals surface area contributed by atoms with Crippen LogP contribution in [-0.4, -0.2) is 75.3 Å². The van der Waals surface area contributed by atoms with E-state index in [4.69, 9.17) is 15.0 Å². The fourth-order valence-corrected chi connectivity index (χ4v) is 3.13. The molecule has 1 aromatic rings. The number of aliphatic carboxylic acids is 2. The maximum absolute atomic E-state index is 12.1. The van der Waals surface area contributed by atoms with E-state index in [1.54, 1.807) is 0 Å². The number of hydrogen-bond donors (Lipinski definition) is 4. The van der Waals surface area contributed by atoms with Gasteiger partial charge in [-0.3, -0.25) is 9.59 Å². The molecule has 0 saturated carbocycles. The van der Waals surface area contributed by atoms with Crippen LogP contribution in [0.15, 0.2) is 6.20 Å². The second-order valence-corrected chi connectivity index (χ2v) is 7.57. The number of alkyl halides is 6. The highest BCUT2D eigenvalue weighted by Gasteiger charge is 2.38. The Kier molecular flexibility index (Phi) is 12.1. The molecule has 0 aliphatic heterocycles. The molecule has 17 heteroatoms. The van der Waals surface area contributed by atoms with Gasteiger partial charge in [0.1, 0.15) is 5.56 Å². The van der Waals surface area contributed by atoms with Crippen LogP contribution in [0.1, 0.15) is 16.8 Å². The van der Waals surface area contributed by atoms with Crippen molar-refractivity contribution in [2.24, 2.45) is 0 Å². The zero-order chi connectivity index (χ0) is 23.4. The molecular formula is C13H15F6N3O6S2. The number of carbonyl (C=O) groups is 3. The standard InChI is InChI=1S/C11H14F3N3O4S2.C2HF3O2/c12-11(13,14)6-21-10-7(5-16-17-10)9(20)15-2-4-23-22-3-1-8(18)19;3-2(4,5)1(6)7/h5H,1-4,6H2,(H,15,20)(H,16,17)(H,18,19);(H,6,7). The van der Waals surface area contributed by atoms with Crippen LogP contribution < -0.4 is 10.1 Å². The van der Waals surface area contributed by atoms with E-state index in [0.717, 1.165) is 6.20 Å². The minimum absolute atomic E-state index is 0.0545. The monoisotopic (exact) mass is 487 g/mol. The van der Waals surface area contributed by atoms with E-state index in [0.29, 0.717) is 11.5 Å². The van der Waals surface area contributed by atoms with Gasteiger partial charge >= 0.3 is 24.3 Å². The molecule has 1 amide bonds. The maximum atomic E-state index is 12.1. The zero-order valence-corrected chi connectivity index (χ0v) is 16.3. The first kappa shape index (κ1) is 27.7. The molecule has 172 valence electrons. The van der Waals surface area contributed by atoms with Gasteiger partial charge in [0, 0.05) is 18.1 Å². The zero-order valence-electron chi connectivity index (χ0n) is 14.7. The topological polar surface area (TPSA) is 142 Å². The molecule has 4 N–H and O–H groups in total. The Morgan fingerprint density at radius 2 is 1.67 bits per heavy atom. The summed E-state index contributed by atoms with van der Waals surface area (Å²) in [5.74, 6) is -3.61. The van der Waals surface area contributed by atoms with Gasteiger partial charge in [-0.25, -0.2) is 9.89 Å². The molecule has 30 heavy (non-hydrogen) atoms. The lowest BCUT2D eigenvalue weighted by atomic mass is 10.3. The summed E-state index contributed by atoms with van der Waals surface area (Å²) >= 11 is 0. The minimum Gasteiger partial charge on any atom is -0.481 e. The summed E-state index contributed by atoms with van der Waals surface area (Å²) < 4.78 is 72.4. The normalized spacial score (nSPS) is 11.3. The maximum Gasteiger partial charge on any atom is 0.490 e. The average molecular weight is 487 g/mol. The molecule has 0 unspecified atom stereocenters. The summed E-state index contributed by atoms with van der Waals surface area (Å²) in [6.45, 7) is -1.25. The third kappa shape index (κ3) is 13.8. The van der Waals surface area contributed by atoms with Crippen molar-refractivity contribution in [2.45, 2.75) is 18.8 Å². The number of aromatic nitrogens is 2. The van der Waals surface area contributed by atoms with Gasteiger partial charge in [-0.1, -0.05) is 21.6 Å². The molecule has 0 aliphatic rings. The Morgan fingerprint density at radius 1 is 1.10 bits per heavy atom. The lowest BCUT2D eigenvalue weighted by Crippen LogP contribution is -2.26. The van der Waals surface area contributed by atoms with Gasteiger partial charge in [0.2, 0.25) is 5.88 Å². The fourth-order valence-electron chi connectivity index (χ4n) is 1.25. The Labute approximate surface area is 172 Å². The molecule has 0 spiro atoms. The second kappa shape index (κ2) is 13.1. The molecular weight excluding hydrogens is 472 g/mol. The molecule has 0 saturated heterocycles. The van der Waals surface area contributed by atoms with Crippen LogP contribution in [0, 0.1) is 0 Å². The summed E-state index contributed by atoms with van der Waals surface area (Å²) in [4.78, 5) is 31.0. The lowest BCUT2D eigenvalue weighted by molar-refractivity contribution is -0.192. The summed E-state index contributed by atoms with van der Waals surface area (Å²) in [6, 6.07) is 0. The number of halogens is 6. The lowest BCUT2D eigenvalue weighted by Gasteiger charge is -2.09. The number of hydrogen-bond acceptors (Lipinski definition) is 7. The van der Waals surface area contributed by atoms with Crippen LogP contribution in [0.2, 0.25) is 0 Å². The Bertz CT molecular complexity index is 698. The quantitative estimate of drug-likeness (QED) is 0.223. The molecule has 0 aliphatic carbocycles. The molecule has 0 radical (unpaired) electrons. The molecule has 1 aromatic heterocycles. The number of carbonyl (C=O) groups excluding carboxylic acids is 1. The summed E-state index contributed by atoms with van der Waals surface area (Å²) in [5, 5.41) is 23.8. The molecule has 0 atom stereocenters. The predicted molar refractivity (Wildman–Crippen MR) is 93.3 cm³/mol. The highest BCUT2D eigenvalue weighted by Crippen LogP contribution is 2.22. The van der Waals surface area contributed by atoms with Crippen molar-refractivity contribution in [3.8, 4) is 5.88 Å². The summed E-state index contributed by atoms with van der Waals surface area (Å²) in [7, 11) is 2.75. The van der Waals surface area contributed by atoms with E-state index in [-0.39, 0.29) is 24.4 Å². The number of rotatable bonds is 10. The van der Waals surface area contributed by atoms with Gasteiger partial charge in [-0.15, -0.1) is 0 Å². The number of aromatic amines is 1. The number of nitrogens with zero attached hydrogens (tertiary/aromatic N) is 1. The van der Waals surface area contributed by atoms with Crippen LogP contribution in [-0.2, 0) is 9.59 Å². The van der Waals surface area contributed by atoms with Crippen LogP contribution >= 0.6 is 21.6 Å². The Morgan fingerprint density at radius 3 is 2.17 bits per heavy atom. The SMILES string of the molecule is O=C(O)C(F)(F)F.O=C(O)CCSSCCNC(=O)c1cn[nH]c1OCC(F)(F)F. The average Bonchev–Trinajstić information content (AvgIpc) is 3.06. The third-order valence-electron chi connectivity index (χ3n) is 2.43. The predicted octanol–water partition coefficient (Wildman–Crippen LogP) is 2.57. The molecule has 1 heterocycles. The molecule has 9 nitrogen and oxygen atoms in total. The smallest absolute Gasteiger partial charge is 0.481 e. The molecule has 0 bridgehead atoms. The van der Waals surface area contributed by atoms with Crippen molar-refractivity contribution in [2.75, 3.05) is 24.7 Å². The van der Waals surface area contributed by atoms with Crippen molar-refractivity contribution < 1.29 is 55.7 Å². The Hall–Kier alpha value is -2.30. The van der Waals surface area contributed by atoms with Gasteiger partial charge in [0.25, 0.3) is 5.91 Å². The van der Waals surface area contributed by atoms with E-state index in [9.17, 15) is 35.9 Å². The summed E-state index contributed by atoms with van der Waals surface area (Å²) in [6.07, 6.45) is -8.46. The number of H-pyrrole nitrogens is 1. The van der Waals surface area contributed by atoms with E-state index < -0.39 is 36.8 Å². The van der Waals surface area contributed by atoms with E-state index >= 15 is 0 Å². The van der Waals surface area contributed by atoms with Gasteiger partial charge in [-0.2, -0.15) is 31.4 Å². The largest absolute Gasteiger partial charge is 0.490 e. The number of carboxylic acids is 2. The van der Waals surface area contributed by atoms with Crippen molar-refractivity contribution in [3.05, 3.63) is 11.8 Å². The van der Waals surface area contributed by atoms with Crippen molar-refractivity contribution in [1.82, 2.24) is 15.5 Å². The van der Waals surface area contributed by atoms with E-state index in [1.807, 2.05) is 0 Å². The number of ether oxygens (including phenoxy) is 1. The highest BCUT2D eigenvalue weighted by molar-refractivity contribution is 8.76. The van der Waals surface area contributed by atoms with Crippen molar-refractivity contribution in [3.63, 3.8) is 0 Å². The Balaban J connectivity index is 0.00000103. The number of carboxylic acid groups (broad SMARTS) is 2. The second-order valence-electron chi connectivity index (χ2n) is 4.86. The molecule has 1 rings (SSSR count). The minimum atomic E-state index is -5.08. The molecule has 0 aromatic carbocycles. The molecule has 0 fully saturated rings. The van der Waals surface area contributed by atoms with Gasteiger partial charge in [-0.05, 0) is 0 Å². The van der Waals surface area contributed by atoms with Crippen LogP contribution in [0.4, 0.5) is 26.3 Å². The fraction of sp³-hybridized carbons (Fsp3) is 0.538.